The zero-order valence-electron chi connectivity index (χ0n) is 13.3. The number of halogens is 1. The van der Waals surface area contributed by atoms with E-state index in [1.54, 1.807) is 16.7 Å². The van der Waals surface area contributed by atoms with E-state index in [2.05, 4.69) is 24.8 Å². The van der Waals surface area contributed by atoms with Gasteiger partial charge in [0, 0.05) is 63.3 Å². The van der Waals surface area contributed by atoms with Gasteiger partial charge in [-0.1, -0.05) is 0 Å². The molecular formula is C15H19ClN6OS. The van der Waals surface area contributed by atoms with Gasteiger partial charge < -0.3 is 9.88 Å². The lowest BCUT2D eigenvalue weighted by molar-refractivity contribution is 0.143. The largest absolute Gasteiger partial charge is 0.337 e. The number of nitrogens with zero attached hydrogens (tertiary/aromatic N) is 5. The minimum Gasteiger partial charge on any atom is -0.337 e. The van der Waals surface area contributed by atoms with Gasteiger partial charge in [-0.2, -0.15) is 0 Å². The molecule has 24 heavy (non-hydrogen) atoms. The number of imidazole rings is 1. The Bertz CT molecular complexity index is 887. The summed E-state index contributed by atoms with van der Waals surface area (Å²) in [6.07, 6.45) is 5.55. The Kier molecular flexibility index (Phi) is 5.00. The molecule has 0 aromatic carbocycles. The molecule has 1 N–H and O–H groups in total. The summed E-state index contributed by atoms with van der Waals surface area (Å²) in [5, 5.41) is 5.31. The highest BCUT2D eigenvalue weighted by Gasteiger charge is 2.27. The highest BCUT2D eigenvalue weighted by atomic mass is 35.5. The highest BCUT2D eigenvalue weighted by molar-refractivity contribution is 7.15. The minimum absolute atomic E-state index is 0. The third kappa shape index (κ3) is 3.10. The number of piperazine rings is 1. The van der Waals surface area contributed by atoms with Gasteiger partial charge in [-0.25, -0.2) is 9.97 Å². The van der Waals surface area contributed by atoms with Crippen LogP contribution in [0.25, 0.3) is 4.96 Å². The average molecular weight is 367 g/mol. The van der Waals surface area contributed by atoms with Crippen LogP contribution in [0.3, 0.4) is 0 Å². The van der Waals surface area contributed by atoms with Gasteiger partial charge in [0.05, 0.1) is 11.7 Å². The summed E-state index contributed by atoms with van der Waals surface area (Å²) in [6.45, 7) is 3.35. The smallest absolute Gasteiger partial charge is 0.258 e. The van der Waals surface area contributed by atoms with E-state index in [0.29, 0.717) is 6.54 Å². The van der Waals surface area contributed by atoms with E-state index in [-0.39, 0.29) is 24.0 Å². The third-order valence-electron chi connectivity index (χ3n) is 4.23. The van der Waals surface area contributed by atoms with Crippen molar-refractivity contribution >= 4 is 28.7 Å². The molecule has 9 heteroatoms. The van der Waals surface area contributed by atoms with E-state index in [1.165, 1.54) is 11.3 Å². The van der Waals surface area contributed by atoms with Gasteiger partial charge in [0.2, 0.25) is 0 Å². The number of aryl methyl sites for hydroxylation is 1. The number of rotatable bonds is 3. The molecule has 1 atom stereocenters. The molecule has 1 unspecified atom stereocenters. The van der Waals surface area contributed by atoms with Crippen LogP contribution in [0.4, 0.5) is 0 Å². The minimum atomic E-state index is -0.0186. The second-order valence-electron chi connectivity index (χ2n) is 5.73. The predicted molar refractivity (Wildman–Crippen MR) is 95.8 cm³/mol. The first-order chi connectivity index (χ1) is 11.2. The second-order valence-corrected chi connectivity index (χ2v) is 6.60. The van der Waals surface area contributed by atoms with Crippen molar-refractivity contribution in [3.63, 3.8) is 0 Å². The first-order valence-electron chi connectivity index (χ1n) is 7.60. The number of aromatic nitrogens is 4. The topological polar surface area (TPSA) is 67.5 Å². The van der Waals surface area contributed by atoms with Crippen LogP contribution < -0.4 is 10.9 Å². The summed E-state index contributed by atoms with van der Waals surface area (Å²) in [4.78, 5) is 24.3. The van der Waals surface area contributed by atoms with E-state index in [4.69, 9.17) is 0 Å². The van der Waals surface area contributed by atoms with Gasteiger partial charge in [-0.05, 0) is 0 Å². The van der Waals surface area contributed by atoms with E-state index in [9.17, 15) is 4.79 Å². The van der Waals surface area contributed by atoms with Crippen LogP contribution >= 0.6 is 23.7 Å². The lowest BCUT2D eigenvalue weighted by Crippen LogP contribution is -2.46. The molecule has 4 rings (SSSR count). The van der Waals surface area contributed by atoms with Gasteiger partial charge in [0.25, 0.3) is 5.56 Å². The fourth-order valence-electron chi connectivity index (χ4n) is 3.07. The summed E-state index contributed by atoms with van der Waals surface area (Å²) in [6, 6.07) is 1.82. The molecule has 1 saturated heterocycles. The Balaban J connectivity index is 0.00000169. The maximum Gasteiger partial charge on any atom is 0.258 e. The number of fused-ring (bicyclic) bond motifs is 1. The molecule has 0 aliphatic carbocycles. The Morgan fingerprint density at radius 3 is 3.08 bits per heavy atom. The van der Waals surface area contributed by atoms with E-state index >= 15 is 0 Å². The summed E-state index contributed by atoms with van der Waals surface area (Å²) < 4.78 is 3.64. The molecule has 1 aliphatic rings. The van der Waals surface area contributed by atoms with Crippen LogP contribution in [0.1, 0.15) is 17.6 Å². The average Bonchev–Trinajstić information content (AvgIpc) is 3.17. The fraction of sp³-hybridized carbons (Fsp3) is 0.400. The maximum atomic E-state index is 12.1. The van der Waals surface area contributed by atoms with Crippen molar-refractivity contribution in [1.82, 2.24) is 29.2 Å². The van der Waals surface area contributed by atoms with Gasteiger partial charge >= 0.3 is 0 Å². The monoisotopic (exact) mass is 366 g/mol. The standard InChI is InChI=1S/C15H18N6OS.ClH/c1-19-4-3-17-14(19)12-9-16-2-5-20(12)10-11-8-13(22)21-6-7-23-15(21)18-11;/h3-4,6-8,12,16H,2,5,9-10H2,1H3;1H. The quantitative estimate of drug-likeness (QED) is 0.750. The van der Waals surface area contributed by atoms with Crippen LogP contribution in [0.15, 0.2) is 34.8 Å². The number of nitrogens with one attached hydrogen (secondary N) is 1. The van der Waals surface area contributed by atoms with Crippen molar-refractivity contribution in [2.45, 2.75) is 12.6 Å². The molecule has 0 bridgehead atoms. The van der Waals surface area contributed by atoms with Crippen molar-refractivity contribution < 1.29 is 0 Å². The van der Waals surface area contributed by atoms with Crippen LogP contribution in [-0.4, -0.2) is 43.5 Å². The zero-order chi connectivity index (χ0) is 15.8. The van der Waals surface area contributed by atoms with Crippen LogP contribution in [-0.2, 0) is 13.6 Å². The predicted octanol–water partition coefficient (Wildman–Crippen LogP) is 1.06. The first-order valence-corrected chi connectivity index (χ1v) is 8.48. The molecule has 0 amide bonds. The Hall–Kier alpha value is -1.74. The van der Waals surface area contributed by atoms with Gasteiger partial charge in [0.1, 0.15) is 5.82 Å². The molecule has 1 fully saturated rings. The zero-order valence-corrected chi connectivity index (χ0v) is 14.9. The Morgan fingerprint density at radius 2 is 2.29 bits per heavy atom. The molecular weight excluding hydrogens is 348 g/mol. The van der Waals surface area contributed by atoms with Crippen LogP contribution in [0, 0.1) is 0 Å². The Labute approximate surface area is 149 Å². The summed E-state index contributed by atoms with van der Waals surface area (Å²) in [5.41, 5.74) is 0.800. The molecule has 3 aromatic rings. The van der Waals surface area contributed by atoms with E-state index in [1.807, 2.05) is 24.8 Å². The third-order valence-corrected chi connectivity index (χ3v) is 4.99. The Morgan fingerprint density at radius 1 is 1.42 bits per heavy atom. The molecule has 0 saturated carbocycles. The molecule has 0 radical (unpaired) electrons. The molecule has 1 aliphatic heterocycles. The normalized spacial score (nSPS) is 18.6. The summed E-state index contributed by atoms with van der Waals surface area (Å²) in [5.74, 6) is 1.03. The van der Waals surface area contributed by atoms with Crippen molar-refractivity contribution in [1.29, 1.82) is 0 Å². The van der Waals surface area contributed by atoms with E-state index in [0.717, 1.165) is 36.1 Å². The van der Waals surface area contributed by atoms with Gasteiger partial charge in [-0.3, -0.25) is 14.1 Å². The van der Waals surface area contributed by atoms with Crippen molar-refractivity contribution in [2.75, 3.05) is 19.6 Å². The van der Waals surface area contributed by atoms with Crippen molar-refractivity contribution in [2.24, 2.45) is 7.05 Å². The van der Waals surface area contributed by atoms with Gasteiger partial charge in [-0.15, -0.1) is 23.7 Å². The van der Waals surface area contributed by atoms with E-state index < -0.39 is 0 Å². The molecule has 4 heterocycles. The lowest BCUT2D eigenvalue weighted by atomic mass is 10.1. The van der Waals surface area contributed by atoms with Gasteiger partial charge in [0.15, 0.2) is 4.96 Å². The lowest BCUT2D eigenvalue weighted by Gasteiger charge is -2.35. The van der Waals surface area contributed by atoms with Crippen LogP contribution in [0.2, 0.25) is 0 Å². The molecule has 128 valence electrons. The van der Waals surface area contributed by atoms with Crippen LogP contribution in [0.5, 0.6) is 0 Å². The number of hydrogen-bond acceptors (Lipinski definition) is 6. The second kappa shape index (κ2) is 7.02. The summed E-state index contributed by atoms with van der Waals surface area (Å²) in [7, 11) is 2.01. The highest BCUT2D eigenvalue weighted by Crippen LogP contribution is 2.22. The maximum absolute atomic E-state index is 12.1. The molecule has 7 nitrogen and oxygen atoms in total. The number of thiazole rings is 1. The first kappa shape index (κ1) is 17.1. The molecule has 0 spiro atoms. The van der Waals surface area contributed by atoms with Crippen molar-refractivity contribution in [3.05, 3.63) is 51.9 Å². The van der Waals surface area contributed by atoms with Crippen molar-refractivity contribution in [3.8, 4) is 0 Å². The fourth-order valence-corrected chi connectivity index (χ4v) is 3.80. The number of hydrogen-bond donors (Lipinski definition) is 1. The molecule has 3 aromatic heterocycles. The summed E-state index contributed by atoms with van der Waals surface area (Å²) >= 11 is 1.48. The SMILES string of the molecule is Cl.Cn1ccnc1C1CNCCN1Cc1cc(=O)n2ccsc2n1.